The number of benzene rings is 1. The first-order valence-electron chi connectivity index (χ1n) is 7.62. The van der Waals surface area contributed by atoms with Crippen molar-refractivity contribution in [3.05, 3.63) is 59.1 Å². The highest BCUT2D eigenvalue weighted by molar-refractivity contribution is 6.32. The van der Waals surface area contributed by atoms with E-state index in [2.05, 4.69) is 15.5 Å². The van der Waals surface area contributed by atoms with Crippen LogP contribution < -0.4 is 5.32 Å². The molecule has 24 heavy (non-hydrogen) atoms. The van der Waals surface area contributed by atoms with Gasteiger partial charge < -0.3 is 5.32 Å². The van der Waals surface area contributed by atoms with Crippen LogP contribution >= 0.6 is 11.6 Å². The molecule has 0 spiro atoms. The lowest BCUT2D eigenvalue weighted by molar-refractivity contribution is 0.102. The molecular formula is C17H18ClN5O. The van der Waals surface area contributed by atoms with Gasteiger partial charge in [0.15, 0.2) is 5.69 Å². The lowest BCUT2D eigenvalue weighted by Gasteiger charge is -2.04. The van der Waals surface area contributed by atoms with E-state index in [1.54, 1.807) is 34.0 Å². The summed E-state index contributed by atoms with van der Waals surface area (Å²) in [6.07, 6.45) is 5.20. The summed E-state index contributed by atoms with van der Waals surface area (Å²) in [6, 6.07) is 7.59. The van der Waals surface area contributed by atoms with Gasteiger partial charge in [0, 0.05) is 24.0 Å². The second-order valence-corrected chi connectivity index (χ2v) is 6.22. The second kappa shape index (κ2) is 6.49. The summed E-state index contributed by atoms with van der Waals surface area (Å²) in [6.45, 7) is 5.88. The van der Waals surface area contributed by atoms with Crippen LogP contribution in [-0.2, 0) is 0 Å². The lowest BCUT2D eigenvalue weighted by Crippen LogP contribution is -2.14. The molecule has 1 N–H and O–H groups in total. The van der Waals surface area contributed by atoms with Crippen molar-refractivity contribution in [1.82, 2.24) is 19.6 Å². The first kappa shape index (κ1) is 16.3. The molecule has 1 amide bonds. The largest absolute Gasteiger partial charge is 0.318 e. The number of aryl methyl sites for hydroxylation is 1. The number of amides is 1. The molecule has 0 aliphatic heterocycles. The standard InChI is InChI=1S/C17H18ClN5O/c1-11(2)22-10-13(8-19-22)20-17(24)16-12(3)9-23(21-16)15-7-5-4-6-14(15)18/h4-11H,1-3H3,(H,20,24). The van der Waals surface area contributed by atoms with E-state index in [-0.39, 0.29) is 11.9 Å². The molecule has 0 fully saturated rings. The first-order valence-corrected chi connectivity index (χ1v) is 8.00. The predicted molar refractivity (Wildman–Crippen MR) is 93.9 cm³/mol. The van der Waals surface area contributed by atoms with Crippen LogP contribution in [0.4, 0.5) is 5.69 Å². The van der Waals surface area contributed by atoms with E-state index < -0.39 is 0 Å². The molecule has 0 radical (unpaired) electrons. The van der Waals surface area contributed by atoms with Crippen molar-refractivity contribution < 1.29 is 4.79 Å². The Kier molecular flexibility index (Phi) is 4.40. The fourth-order valence-electron chi connectivity index (χ4n) is 2.32. The minimum absolute atomic E-state index is 0.233. The number of rotatable bonds is 4. The van der Waals surface area contributed by atoms with Crippen molar-refractivity contribution in [2.24, 2.45) is 0 Å². The Morgan fingerprint density at radius 1 is 1.25 bits per heavy atom. The molecule has 0 aliphatic carbocycles. The quantitative estimate of drug-likeness (QED) is 0.782. The topological polar surface area (TPSA) is 64.7 Å². The van der Waals surface area contributed by atoms with E-state index in [9.17, 15) is 4.79 Å². The predicted octanol–water partition coefficient (Wildman–Crippen LogP) is 3.86. The first-order chi connectivity index (χ1) is 11.5. The molecule has 124 valence electrons. The number of hydrogen-bond acceptors (Lipinski definition) is 3. The molecule has 6 nitrogen and oxygen atoms in total. The Labute approximate surface area is 145 Å². The fourth-order valence-corrected chi connectivity index (χ4v) is 2.54. The number of anilines is 1. The molecule has 7 heteroatoms. The maximum Gasteiger partial charge on any atom is 0.276 e. The Bertz CT molecular complexity index is 881. The van der Waals surface area contributed by atoms with E-state index in [0.717, 1.165) is 11.3 Å². The summed E-state index contributed by atoms with van der Waals surface area (Å²) in [5, 5.41) is 12.0. The van der Waals surface area contributed by atoms with Gasteiger partial charge in [0.2, 0.25) is 0 Å². The second-order valence-electron chi connectivity index (χ2n) is 5.81. The number of carbonyl (C=O) groups excluding carboxylic acids is 1. The van der Waals surface area contributed by atoms with Gasteiger partial charge in [0.05, 0.1) is 22.6 Å². The molecule has 0 bridgehead atoms. The van der Waals surface area contributed by atoms with Crippen molar-refractivity contribution in [2.75, 3.05) is 5.32 Å². The number of para-hydroxylation sites is 1. The molecular weight excluding hydrogens is 326 g/mol. The average molecular weight is 344 g/mol. The van der Waals surface area contributed by atoms with Crippen molar-refractivity contribution in [3.63, 3.8) is 0 Å². The highest BCUT2D eigenvalue weighted by Crippen LogP contribution is 2.21. The zero-order valence-electron chi connectivity index (χ0n) is 13.7. The normalized spacial score (nSPS) is 11.0. The lowest BCUT2D eigenvalue weighted by atomic mass is 10.2. The maximum atomic E-state index is 12.5. The van der Waals surface area contributed by atoms with E-state index in [1.807, 2.05) is 39.0 Å². The number of aromatic nitrogens is 4. The summed E-state index contributed by atoms with van der Waals surface area (Å²) in [7, 11) is 0. The van der Waals surface area contributed by atoms with Gasteiger partial charge >= 0.3 is 0 Å². The number of carbonyl (C=O) groups is 1. The zero-order chi connectivity index (χ0) is 17.3. The summed E-state index contributed by atoms with van der Waals surface area (Å²) in [5.74, 6) is -0.276. The van der Waals surface area contributed by atoms with E-state index >= 15 is 0 Å². The van der Waals surface area contributed by atoms with Crippen LogP contribution in [-0.4, -0.2) is 25.5 Å². The van der Waals surface area contributed by atoms with E-state index in [1.165, 1.54) is 0 Å². The van der Waals surface area contributed by atoms with Crippen LogP contribution in [0.3, 0.4) is 0 Å². The Morgan fingerprint density at radius 3 is 2.67 bits per heavy atom. The SMILES string of the molecule is Cc1cn(-c2ccccc2Cl)nc1C(=O)Nc1cnn(C(C)C)c1. The Balaban J connectivity index is 1.84. The van der Waals surface area contributed by atoms with E-state index in [4.69, 9.17) is 11.6 Å². The highest BCUT2D eigenvalue weighted by Gasteiger charge is 2.16. The minimum Gasteiger partial charge on any atom is -0.318 e. The minimum atomic E-state index is -0.276. The van der Waals surface area contributed by atoms with Crippen LogP contribution in [0.1, 0.15) is 35.9 Å². The molecule has 1 aromatic carbocycles. The molecule has 0 unspecified atom stereocenters. The monoisotopic (exact) mass is 343 g/mol. The molecule has 0 saturated heterocycles. The van der Waals surface area contributed by atoms with Crippen LogP contribution in [0.25, 0.3) is 5.69 Å². The molecule has 3 aromatic rings. The molecule has 2 heterocycles. The number of halogens is 1. The smallest absolute Gasteiger partial charge is 0.276 e. The third-order valence-electron chi connectivity index (χ3n) is 3.60. The van der Waals surface area contributed by atoms with Gasteiger partial charge in [-0.05, 0) is 32.9 Å². The third kappa shape index (κ3) is 3.19. The van der Waals surface area contributed by atoms with Gasteiger partial charge in [-0.25, -0.2) is 4.68 Å². The van der Waals surface area contributed by atoms with Gasteiger partial charge in [-0.1, -0.05) is 23.7 Å². The van der Waals surface area contributed by atoms with Gasteiger partial charge in [-0.2, -0.15) is 10.2 Å². The molecule has 0 aliphatic rings. The number of nitrogens with zero attached hydrogens (tertiary/aromatic N) is 4. The Morgan fingerprint density at radius 2 is 2.00 bits per heavy atom. The molecule has 0 atom stereocenters. The fraction of sp³-hybridized carbons (Fsp3) is 0.235. The maximum absolute atomic E-state index is 12.5. The summed E-state index contributed by atoms with van der Waals surface area (Å²) >= 11 is 6.19. The summed E-state index contributed by atoms with van der Waals surface area (Å²) < 4.78 is 3.40. The van der Waals surface area contributed by atoms with Gasteiger partial charge in [0.25, 0.3) is 5.91 Å². The highest BCUT2D eigenvalue weighted by atomic mass is 35.5. The van der Waals surface area contributed by atoms with Crippen LogP contribution in [0, 0.1) is 6.92 Å². The van der Waals surface area contributed by atoms with Crippen LogP contribution in [0.2, 0.25) is 5.02 Å². The molecule has 2 aromatic heterocycles. The number of nitrogens with one attached hydrogen (secondary N) is 1. The van der Waals surface area contributed by atoms with Crippen molar-refractivity contribution in [2.45, 2.75) is 26.8 Å². The van der Waals surface area contributed by atoms with Gasteiger partial charge in [-0.15, -0.1) is 0 Å². The Hall–Kier alpha value is -2.60. The van der Waals surface area contributed by atoms with Crippen molar-refractivity contribution in [3.8, 4) is 5.69 Å². The summed E-state index contributed by atoms with van der Waals surface area (Å²) in [4.78, 5) is 12.5. The third-order valence-corrected chi connectivity index (χ3v) is 3.92. The van der Waals surface area contributed by atoms with Crippen molar-refractivity contribution >= 4 is 23.2 Å². The van der Waals surface area contributed by atoms with E-state index in [0.29, 0.717) is 16.4 Å². The van der Waals surface area contributed by atoms with Crippen LogP contribution in [0.15, 0.2) is 42.9 Å². The van der Waals surface area contributed by atoms with Gasteiger partial charge in [0.1, 0.15) is 0 Å². The molecule has 0 saturated carbocycles. The van der Waals surface area contributed by atoms with Crippen LogP contribution in [0.5, 0.6) is 0 Å². The zero-order valence-corrected chi connectivity index (χ0v) is 14.4. The average Bonchev–Trinajstić information content (AvgIpc) is 3.14. The number of hydrogen-bond donors (Lipinski definition) is 1. The van der Waals surface area contributed by atoms with Crippen molar-refractivity contribution in [1.29, 1.82) is 0 Å². The molecule has 3 rings (SSSR count). The summed E-state index contributed by atoms with van der Waals surface area (Å²) in [5.41, 5.74) is 2.49. The van der Waals surface area contributed by atoms with Gasteiger partial charge in [-0.3, -0.25) is 9.48 Å².